The van der Waals surface area contributed by atoms with E-state index in [-0.39, 0.29) is 0 Å². The molecule has 3 fully saturated rings. The zero-order valence-corrected chi connectivity index (χ0v) is 9.14. The van der Waals surface area contributed by atoms with E-state index in [1.54, 1.807) is 0 Å². The molecule has 3 aliphatic carbocycles. The zero-order valence-electron chi connectivity index (χ0n) is 9.14. The lowest BCUT2D eigenvalue weighted by molar-refractivity contribution is -0.122. The number of carbonyl (C=O) groups excluding carboxylic acids is 1. The lowest BCUT2D eigenvalue weighted by Crippen LogP contribution is -2.34. The van der Waals surface area contributed by atoms with Gasteiger partial charge in [0.1, 0.15) is 5.78 Å². The Bertz CT molecular complexity index is 275. The third kappa shape index (κ3) is 0.844. The second-order valence-corrected chi connectivity index (χ2v) is 5.96. The first kappa shape index (κ1) is 8.94. The van der Waals surface area contributed by atoms with Crippen molar-refractivity contribution in [1.82, 2.24) is 0 Å². The van der Waals surface area contributed by atoms with E-state index < -0.39 is 0 Å². The van der Waals surface area contributed by atoms with Crippen molar-refractivity contribution in [3.8, 4) is 0 Å². The Morgan fingerprint density at radius 3 is 2.57 bits per heavy atom. The second kappa shape index (κ2) is 2.62. The van der Waals surface area contributed by atoms with E-state index in [0.29, 0.717) is 22.5 Å². The van der Waals surface area contributed by atoms with Crippen LogP contribution in [0, 0.1) is 16.7 Å². The van der Waals surface area contributed by atoms with Crippen LogP contribution in [-0.4, -0.2) is 5.78 Å². The van der Waals surface area contributed by atoms with Crippen LogP contribution in [0.25, 0.3) is 0 Å². The predicted molar refractivity (Wildman–Crippen MR) is 56.0 cm³/mol. The highest BCUT2D eigenvalue weighted by Crippen LogP contribution is 2.68. The molecule has 0 amide bonds. The van der Waals surface area contributed by atoms with E-state index in [4.69, 9.17) is 0 Å². The van der Waals surface area contributed by atoms with Gasteiger partial charge in [-0.25, -0.2) is 0 Å². The van der Waals surface area contributed by atoms with Crippen LogP contribution >= 0.6 is 0 Å². The molecule has 3 saturated carbocycles. The molecule has 0 unspecified atom stereocenters. The van der Waals surface area contributed by atoms with E-state index in [9.17, 15) is 4.79 Å². The first-order valence-corrected chi connectivity index (χ1v) is 6.21. The molecule has 0 N–H and O–H groups in total. The van der Waals surface area contributed by atoms with Crippen LogP contribution in [0.1, 0.15) is 58.3 Å². The van der Waals surface area contributed by atoms with Crippen molar-refractivity contribution in [3.63, 3.8) is 0 Å². The molecule has 1 heteroatoms. The Kier molecular flexibility index (Phi) is 1.67. The first-order chi connectivity index (χ1) is 6.68. The Hall–Kier alpha value is -0.330. The summed E-state index contributed by atoms with van der Waals surface area (Å²) in [5.41, 5.74) is 0.990. The summed E-state index contributed by atoms with van der Waals surface area (Å²) in [4.78, 5) is 11.8. The van der Waals surface area contributed by atoms with Gasteiger partial charge in [0.15, 0.2) is 0 Å². The van der Waals surface area contributed by atoms with Crippen molar-refractivity contribution in [2.45, 2.75) is 58.3 Å². The van der Waals surface area contributed by atoms with Gasteiger partial charge in [0.2, 0.25) is 0 Å². The van der Waals surface area contributed by atoms with Crippen molar-refractivity contribution in [3.05, 3.63) is 0 Å². The van der Waals surface area contributed by atoms with E-state index in [1.165, 1.54) is 44.9 Å². The highest BCUT2D eigenvalue weighted by atomic mass is 16.1. The van der Waals surface area contributed by atoms with Crippen LogP contribution in [0.2, 0.25) is 0 Å². The summed E-state index contributed by atoms with van der Waals surface area (Å²) in [6.07, 6.45) is 10.3. The molecule has 2 atom stereocenters. The molecule has 0 aromatic rings. The van der Waals surface area contributed by atoms with Gasteiger partial charge in [-0.3, -0.25) is 4.79 Å². The molecular formula is C13H20O. The lowest BCUT2D eigenvalue weighted by atomic mass is 9.63. The molecule has 1 spiro atoms. The summed E-state index contributed by atoms with van der Waals surface area (Å²) in [6, 6.07) is 0. The van der Waals surface area contributed by atoms with Gasteiger partial charge in [0, 0.05) is 12.3 Å². The Morgan fingerprint density at radius 1 is 1.14 bits per heavy atom. The number of fused-ring (bicyclic) bond motifs is 2. The van der Waals surface area contributed by atoms with Crippen molar-refractivity contribution in [1.29, 1.82) is 0 Å². The number of hydrogen-bond acceptors (Lipinski definition) is 1. The Morgan fingerprint density at radius 2 is 1.86 bits per heavy atom. The maximum Gasteiger partial charge on any atom is 0.136 e. The van der Waals surface area contributed by atoms with Crippen LogP contribution in [0.5, 0.6) is 0 Å². The van der Waals surface area contributed by atoms with Gasteiger partial charge >= 0.3 is 0 Å². The van der Waals surface area contributed by atoms with Gasteiger partial charge in [-0.15, -0.1) is 0 Å². The highest BCUT2D eigenvalue weighted by Gasteiger charge is 2.61. The van der Waals surface area contributed by atoms with E-state index in [1.807, 2.05) is 0 Å². The summed E-state index contributed by atoms with van der Waals surface area (Å²) >= 11 is 0. The average molecular weight is 192 g/mol. The van der Waals surface area contributed by atoms with Gasteiger partial charge in [-0.05, 0) is 42.9 Å². The van der Waals surface area contributed by atoms with E-state index in [0.717, 1.165) is 6.42 Å². The normalized spacial score (nSPS) is 44.9. The van der Waals surface area contributed by atoms with Crippen molar-refractivity contribution in [2.24, 2.45) is 16.7 Å². The summed E-state index contributed by atoms with van der Waals surface area (Å²) in [7, 11) is 0. The van der Waals surface area contributed by atoms with Crippen molar-refractivity contribution < 1.29 is 4.79 Å². The maximum absolute atomic E-state index is 11.8. The average Bonchev–Trinajstić information content (AvgIpc) is 2.79. The molecule has 78 valence electrons. The minimum atomic E-state index is 0.403. The largest absolute Gasteiger partial charge is 0.299 e. The fourth-order valence-electron chi connectivity index (χ4n) is 4.78. The van der Waals surface area contributed by atoms with E-state index >= 15 is 0 Å². The molecule has 0 aromatic heterocycles. The van der Waals surface area contributed by atoms with Crippen LogP contribution < -0.4 is 0 Å². The summed E-state index contributed by atoms with van der Waals surface area (Å²) in [6.45, 7) is 2.42. The number of carbonyl (C=O) groups is 1. The third-order valence-electron chi connectivity index (χ3n) is 5.73. The number of hydrogen-bond donors (Lipinski definition) is 0. The summed E-state index contributed by atoms with van der Waals surface area (Å²) in [5, 5.41) is 0. The lowest BCUT2D eigenvalue weighted by Gasteiger charge is -2.41. The fraction of sp³-hybridized carbons (Fsp3) is 0.923. The maximum atomic E-state index is 11.8. The monoisotopic (exact) mass is 192 g/mol. The summed E-state index contributed by atoms with van der Waals surface area (Å²) in [5.74, 6) is 1.02. The third-order valence-corrected chi connectivity index (χ3v) is 5.73. The zero-order chi connectivity index (χ0) is 9.81. The molecule has 0 radical (unpaired) electrons. The molecule has 0 aliphatic heterocycles. The van der Waals surface area contributed by atoms with Gasteiger partial charge < -0.3 is 0 Å². The quantitative estimate of drug-likeness (QED) is 0.575. The molecule has 3 aliphatic rings. The topological polar surface area (TPSA) is 17.1 Å². The second-order valence-electron chi connectivity index (χ2n) is 5.96. The van der Waals surface area contributed by atoms with Crippen LogP contribution in [-0.2, 0) is 4.79 Å². The first-order valence-electron chi connectivity index (χ1n) is 6.21. The number of ketones is 1. The van der Waals surface area contributed by atoms with Gasteiger partial charge in [-0.2, -0.15) is 0 Å². The smallest absolute Gasteiger partial charge is 0.136 e. The van der Waals surface area contributed by atoms with Gasteiger partial charge in [0.05, 0.1) is 0 Å². The Balaban J connectivity index is 2.00. The van der Waals surface area contributed by atoms with Gasteiger partial charge in [0.25, 0.3) is 0 Å². The van der Waals surface area contributed by atoms with Crippen LogP contribution in [0.3, 0.4) is 0 Å². The highest BCUT2D eigenvalue weighted by molar-refractivity contribution is 5.84. The molecule has 0 bridgehead atoms. The molecular weight excluding hydrogens is 172 g/mol. The summed E-state index contributed by atoms with van der Waals surface area (Å²) < 4.78 is 0. The fourth-order valence-corrected chi connectivity index (χ4v) is 4.78. The molecule has 0 heterocycles. The van der Waals surface area contributed by atoms with Crippen LogP contribution in [0.4, 0.5) is 0 Å². The SMILES string of the molecule is C[C@@]12CCC(=O)[C@@H]1CCC21CCCC1. The van der Waals surface area contributed by atoms with Crippen molar-refractivity contribution >= 4 is 5.78 Å². The molecule has 1 nitrogen and oxygen atoms in total. The molecule has 0 saturated heterocycles. The van der Waals surface area contributed by atoms with Crippen molar-refractivity contribution in [2.75, 3.05) is 0 Å². The van der Waals surface area contributed by atoms with Gasteiger partial charge in [-0.1, -0.05) is 19.8 Å². The Labute approximate surface area is 86.3 Å². The predicted octanol–water partition coefficient (Wildman–Crippen LogP) is 3.33. The minimum Gasteiger partial charge on any atom is -0.299 e. The number of rotatable bonds is 0. The minimum absolute atomic E-state index is 0.403. The molecule has 14 heavy (non-hydrogen) atoms. The van der Waals surface area contributed by atoms with Crippen LogP contribution in [0.15, 0.2) is 0 Å². The van der Waals surface area contributed by atoms with E-state index in [2.05, 4.69) is 6.92 Å². The molecule has 3 rings (SSSR count). The standard InChI is InChI=1S/C13H20O/c1-12-8-5-11(14)10(12)4-9-13(12)6-2-3-7-13/h10H,2-9H2,1H3/t10-,12+/m0/s1. The molecule has 0 aromatic carbocycles. The number of Topliss-reactive ketones (excluding diaryl/α,β-unsaturated/α-hetero) is 1.